The molecule has 0 saturated carbocycles. The number of amides is 1. The number of hydrogen-bond donors (Lipinski definition) is 1. The van der Waals surface area contributed by atoms with Crippen molar-refractivity contribution in [1.29, 1.82) is 0 Å². The van der Waals surface area contributed by atoms with Crippen LogP contribution in [0.15, 0.2) is 18.2 Å². The normalized spacial score (nSPS) is 12.2. The lowest BCUT2D eigenvalue weighted by atomic mass is 10.2. The van der Waals surface area contributed by atoms with Crippen LogP contribution < -0.4 is 0 Å². The van der Waals surface area contributed by atoms with Gasteiger partial charge in [0.25, 0.3) is 5.91 Å². The minimum atomic E-state index is -0.219. The van der Waals surface area contributed by atoms with Gasteiger partial charge in [0.05, 0.1) is 10.6 Å². The van der Waals surface area contributed by atoms with Crippen LogP contribution in [0.4, 0.5) is 0 Å². The van der Waals surface area contributed by atoms with Gasteiger partial charge in [0.2, 0.25) is 0 Å². The minimum absolute atomic E-state index is 0.0184. The molecule has 0 aliphatic heterocycles. The smallest absolute Gasteiger partial charge is 0.255 e. The Bertz CT molecular complexity index is 407. The zero-order chi connectivity index (χ0) is 13.0. The van der Waals surface area contributed by atoms with Crippen LogP contribution in [0.3, 0.4) is 0 Å². The summed E-state index contributed by atoms with van der Waals surface area (Å²) < 4.78 is 0. The van der Waals surface area contributed by atoms with Crippen LogP contribution in [0.1, 0.15) is 23.7 Å². The van der Waals surface area contributed by atoms with E-state index in [4.69, 9.17) is 23.2 Å². The summed E-state index contributed by atoms with van der Waals surface area (Å²) >= 11 is 11.7. The van der Waals surface area contributed by atoms with Crippen LogP contribution >= 0.6 is 23.2 Å². The number of carbonyl (C=O) groups excluding carboxylic acids is 1. The SMILES string of the molecule is CC(Cl)CCN(C)C(=O)c1cc(O)ccc1Cl. The average Bonchev–Trinajstić information content (AvgIpc) is 2.28. The van der Waals surface area contributed by atoms with E-state index in [1.165, 1.54) is 18.2 Å². The summed E-state index contributed by atoms with van der Waals surface area (Å²) in [6.45, 7) is 2.43. The summed E-state index contributed by atoms with van der Waals surface area (Å²) in [6, 6.07) is 4.31. The highest BCUT2D eigenvalue weighted by Crippen LogP contribution is 2.22. The molecule has 17 heavy (non-hydrogen) atoms. The number of hydrogen-bond acceptors (Lipinski definition) is 2. The van der Waals surface area contributed by atoms with Gasteiger partial charge in [-0.25, -0.2) is 0 Å². The second kappa shape index (κ2) is 6.12. The molecule has 1 rings (SSSR count). The summed E-state index contributed by atoms with van der Waals surface area (Å²) in [5, 5.41) is 9.69. The van der Waals surface area contributed by atoms with E-state index in [0.29, 0.717) is 23.6 Å². The van der Waals surface area contributed by atoms with Crippen LogP contribution in [0.5, 0.6) is 5.75 Å². The maximum atomic E-state index is 12.0. The van der Waals surface area contributed by atoms with E-state index in [2.05, 4.69) is 0 Å². The summed E-state index contributed by atoms with van der Waals surface area (Å²) in [5.41, 5.74) is 0.302. The van der Waals surface area contributed by atoms with Gasteiger partial charge < -0.3 is 10.0 Å². The standard InChI is InChI=1S/C12H15Cl2NO2/c1-8(13)5-6-15(2)12(17)10-7-9(16)3-4-11(10)14/h3-4,7-8,16H,5-6H2,1-2H3. The van der Waals surface area contributed by atoms with E-state index in [0.717, 1.165) is 0 Å². The van der Waals surface area contributed by atoms with Gasteiger partial charge in [0.1, 0.15) is 5.75 Å². The number of aromatic hydroxyl groups is 1. The molecular formula is C12H15Cl2NO2. The zero-order valence-electron chi connectivity index (χ0n) is 9.78. The summed E-state index contributed by atoms with van der Waals surface area (Å²) in [6.07, 6.45) is 0.709. The number of alkyl halides is 1. The maximum absolute atomic E-state index is 12.0. The number of phenols is 1. The molecule has 0 spiro atoms. The Morgan fingerprint density at radius 3 is 2.76 bits per heavy atom. The fraction of sp³-hybridized carbons (Fsp3) is 0.417. The van der Waals surface area contributed by atoms with Crippen molar-refractivity contribution in [3.8, 4) is 5.75 Å². The fourth-order valence-electron chi connectivity index (χ4n) is 1.36. The molecule has 94 valence electrons. The Hall–Kier alpha value is -0.930. The number of carbonyl (C=O) groups is 1. The molecule has 1 amide bonds. The molecule has 1 unspecified atom stereocenters. The monoisotopic (exact) mass is 275 g/mol. The third-order valence-electron chi connectivity index (χ3n) is 2.39. The Morgan fingerprint density at radius 2 is 2.18 bits per heavy atom. The first-order valence-electron chi connectivity index (χ1n) is 5.30. The summed E-state index contributed by atoms with van der Waals surface area (Å²) in [5.74, 6) is -0.194. The molecule has 0 radical (unpaired) electrons. The van der Waals surface area contributed by atoms with Crippen molar-refractivity contribution in [1.82, 2.24) is 4.90 Å². The lowest BCUT2D eigenvalue weighted by Gasteiger charge is -2.18. The zero-order valence-corrected chi connectivity index (χ0v) is 11.3. The van der Waals surface area contributed by atoms with Gasteiger partial charge in [-0.15, -0.1) is 11.6 Å². The highest BCUT2D eigenvalue weighted by Gasteiger charge is 2.16. The molecule has 5 heteroatoms. The second-order valence-electron chi connectivity index (χ2n) is 3.96. The highest BCUT2D eigenvalue weighted by atomic mass is 35.5. The van der Waals surface area contributed by atoms with Crippen molar-refractivity contribution < 1.29 is 9.90 Å². The number of phenolic OH excluding ortho intramolecular Hbond substituents is 1. The Labute approximate surface area is 111 Å². The van der Waals surface area contributed by atoms with Gasteiger partial charge in [-0.2, -0.15) is 0 Å². The van der Waals surface area contributed by atoms with E-state index in [1.54, 1.807) is 11.9 Å². The van der Waals surface area contributed by atoms with Crippen molar-refractivity contribution in [3.05, 3.63) is 28.8 Å². The number of halogens is 2. The molecule has 1 aromatic carbocycles. The van der Waals surface area contributed by atoms with Crippen LogP contribution in [0, 0.1) is 0 Å². The van der Waals surface area contributed by atoms with Crippen molar-refractivity contribution >= 4 is 29.1 Å². The van der Waals surface area contributed by atoms with Gasteiger partial charge in [0, 0.05) is 19.0 Å². The predicted octanol–water partition coefficient (Wildman–Crippen LogP) is 3.14. The van der Waals surface area contributed by atoms with Gasteiger partial charge in [-0.05, 0) is 31.5 Å². The molecule has 0 aromatic heterocycles. The third kappa shape index (κ3) is 4.10. The first-order chi connectivity index (χ1) is 7.91. The van der Waals surface area contributed by atoms with E-state index >= 15 is 0 Å². The minimum Gasteiger partial charge on any atom is -0.508 e. The molecule has 0 fully saturated rings. The maximum Gasteiger partial charge on any atom is 0.255 e. The van der Waals surface area contributed by atoms with Gasteiger partial charge in [-0.1, -0.05) is 11.6 Å². The molecule has 3 nitrogen and oxygen atoms in total. The lowest BCUT2D eigenvalue weighted by molar-refractivity contribution is 0.0793. The first-order valence-corrected chi connectivity index (χ1v) is 6.11. The molecule has 1 N–H and O–H groups in total. The third-order valence-corrected chi connectivity index (χ3v) is 2.94. The first kappa shape index (κ1) is 14.1. The van der Waals surface area contributed by atoms with Crippen molar-refractivity contribution in [2.75, 3.05) is 13.6 Å². The Kier molecular flexibility index (Phi) is 5.09. The van der Waals surface area contributed by atoms with Gasteiger partial charge >= 0.3 is 0 Å². The van der Waals surface area contributed by atoms with Crippen LogP contribution in [-0.2, 0) is 0 Å². The lowest BCUT2D eigenvalue weighted by Crippen LogP contribution is -2.29. The van der Waals surface area contributed by atoms with Gasteiger partial charge in [0.15, 0.2) is 0 Å². The molecular weight excluding hydrogens is 261 g/mol. The summed E-state index contributed by atoms with van der Waals surface area (Å²) in [7, 11) is 1.68. The van der Waals surface area contributed by atoms with E-state index in [1.807, 2.05) is 6.92 Å². The van der Waals surface area contributed by atoms with E-state index < -0.39 is 0 Å². The summed E-state index contributed by atoms with van der Waals surface area (Å²) in [4.78, 5) is 13.6. The average molecular weight is 276 g/mol. The molecule has 0 heterocycles. The molecule has 0 aliphatic rings. The highest BCUT2D eigenvalue weighted by molar-refractivity contribution is 6.33. The van der Waals surface area contributed by atoms with Crippen LogP contribution in [0.25, 0.3) is 0 Å². The molecule has 0 aliphatic carbocycles. The molecule has 1 atom stereocenters. The number of nitrogens with zero attached hydrogens (tertiary/aromatic N) is 1. The molecule has 1 aromatic rings. The van der Waals surface area contributed by atoms with E-state index in [9.17, 15) is 9.90 Å². The number of benzene rings is 1. The topological polar surface area (TPSA) is 40.5 Å². The van der Waals surface area contributed by atoms with Crippen molar-refractivity contribution in [2.45, 2.75) is 18.7 Å². The number of rotatable bonds is 4. The van der Waals surface area contributed by atoms with Crippen LogP contribution in [0.2, 0.25) is 5.02 Å². The van der Waals surface area contributed by atoms with Crippen LogP contribution in [-0.4, -0.2) is 34.9 Å². The quantitative estimate of drug-likeness (QED) is 0.858. The Morgan fingerprint density at radius 1 is 1.53 bits per heavy atom. The van der Waals surface area contributed by atoms with Crippen molar-refractivity contribution in [3.63, 3.8) is 0 Å². The predicted molar refractivity (Wildman–Crippen MR) is 70.0 cm³/mol. The largest absolute Gasteiger partial charge is 0.508 e. The Balaban J connectivity index is 2.78. The van der Waals surface area contributed by atoms with E-state index in [-0.39, 0.29) is 17.0 Å². The molecule has 0 bridgehead atoms. The van der Waals surface area contributed by atoms with Gasteiger partial charge in [-0.3, -0.25) is 4.79 Å². The van der Waals surface area contributed by atoms with Crippen molar-refractivity contribution in [2.24, 2.45) is 0 Å². The fourth-order valence-corrected chi connectivity index (χ4v) is 1.65. The molecule has 0 saturated heterocycles. The second-order valence-corrected chi connectivity index (χ2v) is 5.11.